The Hall–Kier alpha value is -2.18. The van der Waals surface area contributed by atoms with Gasteiger partial charge in [0.2, 0.25) is 0 Å². The zero-order chi connectivity index (χ0) is 14.8. The number of rotatable bonds is 3. The fraction of sp³-hybridized carbons (Fsp3) is 0.0714. The van der Waals surface area contributed by atoms with Crippen LogP contribution in [0, 0.1) is 0 Å². The van der Waals surface area contributed by atoms with Crippen molar-refractivity contribution in [3.8, 4) is 11.1 Å². The molecule has 21 heavy (non-hydrogen) atoms. The van der Waals surface area contributed by atoms with Crippen LogP contribution in [0.25, 0.3) is 11.1 Å². The summed E-state index contributed by atoms with van der Waals surface area (Å²) in [7, 11) is 0. The fourth-order valence-corrected chi connectivity index (χ4v) is 2.87. The highest BCUT2D eigenvalue weighted by atomic mass is 35.5. The summed E-state index contributed by atoms with van der Waals surface area (Å²) in [4.78, 5) is 31.8. The second-order valence-corrected chi connectivity index (χ2v) is 5.69. The van der Waals surface area contributed by atoms with E-state index >= 15 is 0 Å². The van der Waals surface area contributed by atoms with Gasteiger partial charge in [-0.15, -0.1) is 11.3 Å². The Labute approximate surface area is 128 Å². The van der Waals surface area contributed by atoms with E-state index < -0.39 is 11.2 Å². The van der Waals surface area contributed by atoms with Gasteiger partial charge in [-0.25, -0.2) is 4.79 Å². The number of nitrogens with one attached hydrogen (secondary N) is 1. The van der Waals surface area contributed by atoms with Crippen molar-refractivity contribution in [1.29, 1.82) is 0 Å². The molecule has 0 amide bonds. The molecule has 0 saturated carbocycles. The number of hydrogen-bond acceptors (Lipinski definition) is 4. The minimum Gasteiger partial charge on any atom is -0.297 e. The Morgan fingerprint density at radius 1 is 1.24 bits per heavy atom. The van der Waals surface area contributed by atoms with Gasteiger partial charge in [-0.1, -0.05) is 41.9 Å². The molecule has 3 rings (SSSR count). The van der Waals surface area contributed by atoms with Crippen molar-refractivity contribution in [2.75, 3.05) is 0 Å². The number of benzene rings is 1. The highest BCUT2D eigenvalue weighted by molar-refractivity contribution is 7.09. The number of thiazole rings is 1. The molecule has 1 N–H and O–H groups in total. The van der Waals surface area contributed by atoms with E-state index in [4.69, 9.17) is 11.6 Å². The second kappa shape index (κ2) is 5.67. The highest BCUT2D eigenvalue weighted by Crippen LogP contribution is 2.21. The van der Waals surface area contributed by atoms with Gasteiger partial charge >= 0.3 is 5.69 Å². The summed E-state index contributed by atoms with van der Waals surface area (Å²) in [6, 6.07) is 9.02. The summed E-state index contributed by atoms with van der Waals surface area (Å²) in [5, 5.41) is 0.0526. The molecule has 0 atom stereocenters. The summed E-state index contributed by atoms with van der Waals surface area (Å²) < 4.78 is 1.13. The van der Waals surface area contributed by atoms with Crippen LogP contribution in [0.1, 0.15) is 4.88 Å². The number of H-pyrrole nitrogens is 1. The Morgan fingerprint density at radius 2 is 2.00 bits per heavy atom. The highest BCUT2D eigenvalue weighted by Gasteiger charge is 2.15. The smallest absolute Gasteiger partial charge is 0.297 e. The van der Waals surface area contributed by atoms with Crippen molar-refractivity contribution in [3.63, 3.8) is 0 Å². The lowest BCUT2D eigenvalue weighted by molar-refractivity contribution is 0.708. The molecule has 0 fully saturated rings. The predicted molar refractivity (Wildman–Crippen MR) is 83.0 cm³/mol. The van der Waals surface area contributed by atoms with Gasteiger partial charge in [-0.05, 0) is 5.56 Å². The van der Waals surface area contributed by atoms with E-state index in [1.165, 1.54) is 11.3 Å². The zero-order valence-corrected chi connectivity index (χ0v) is 12.3. The van der Waals surface area contributed by atoms with E-state index in [1.54, 1.807) is 23.8 Å². The third-order valence-corrected chi connectivity index (χ3v) is 4.05. The number of nitrogens with zero attached hydrogens (tertiary/aromatic N) is 2. The van der Waals surface area contributed by atoms with Crippen LogP contribution in [0.3, 0.4) is 0 Å². The molecule has 1 aromatic carbocycles. The topological polar surface area (TPSA) is 67.8 Å². The van der Waals surface area contributed by atoms with Crippen LogP contribution in [0.5, 0.6) is 0 Å². The molecule has 0 radical (unpaired) electrons. The van der Waals surface area contributed by atoms with Crippen molar-refractivity contribution in [1.82, 2.24) is 14.5 Å². The quantitative estimate of drug-likeness (QED) is 0.754. The predicted octanol–water partition coefficient (Wildman–Crippen LogP) is 2.36. The van der Waals surface area contributed by atoms with E-state index in [1.807, 2.05) is 18.2 Å². The first-order valence-corrected chi connectivity index (χ1v) is 7.38. The molecule has 106 valence electrons. The van der Waals surface area contributed by atoms with Gasteiger partial charge in [0.1, 0.15) is 5.15 Å². The molecule has 2 aromatic heterocycles. The average molecular weight is 320 g/mol. The van der Waals surface area contributed by atoms with Crippen LogP contribution >= 0.6 is 22.9 Å². The molecule has 7 heteroatoms. The van der Waals surface area contributed by atoms with E-state index in [0.717, 1.165) is 9.44 Å². The fourth-order valence-electron chi connectivity index (χ4n) is 2.02. The van der Waals surface area contributed by atoms with Gasteiger partial charge < -0.3 is 0 Å². The van der Waals surface area contributed by atoms with Crippen LogP contribution in [0.2, 0.25) is 5.15 Å². The van der Waals surface area contributed by atoms with Gasteiger partial charge in [0.25, 0.3) is 5.56 Å². The number of aromatic amines is 1. The summed E-state index contributed by atoms with van der Waals surface area (Å²) in [5.41, 5.74) is 1.67. The maximum Gasteiger partial charge on any atom is 0.329 e. The summed E-state index contributed by atoms with van der Waals surface area (Å²) in [6.07, 6.45) is 1.63. The third-order valence-electron chi connectivity index (χ3n) is 3.00. The monoisotopic (exact) mass is 319 g/mol. The molecule has 0 spiro atoms. The van der Waals surface area contributed by atoms with Gasteiger partial charge in [-0.2, -0.15) is 0 Å². The van der Waals surface area contributed by atoms with E-state index in [0.29, 0.717) is 11.1 Å². The molecule has 0 aliphatic rings. The van der Waals surface area contributed by atoms with Gasteiger partial charge in [-0.3, -0.25) is 19.3 Å². The van der Waals surface area contributed by atoms with E-state index in [2.05, 4.69) is 9.97 Å². The molecular formula is C14H10ClN3O2S. The summed E-state index contributed by atoms with van der Waals surface area (Å²) in [5.74, 6) is 0. The summed E-state index contributed by atoms with van der Waals surface area (Å²) >= 11 is 7.43. The third kappa shape index (κ3) is 2.68. The molecule has 0 bridgehead atoms. The van der Waals surface area contributed by atoms with Crippen LogP contribution in [-0.4, -0.2) is 14.5 Å². The van der Waals surface area contributed by atoms with E-state index in [9.17, 15) is 9.59 Å². The van der Waals surface area contributed by atoms with Crippen LogP contribution in [0.4, 0.5) is 0 Å². The lowest BCUT2D eigenvalue weighted by Gasteiger charge is -2.08. The molecule has 0 aliphatic heterocycles. The molecular weight excluding hydrogens is 310 g/mol. The van der Waals surface area contributed by atoms with Gasteiger partial charge in [0, 0.05) is 11.1 Å². The Morgan fingerprint density at radius 3 is 2.67 bits per heavy atom. The molecule has 2 heterocycles. The number of hydrogen-bond donors (Lipinski definition) is 1. The number of halogens is 1. The van der Waals surface area contributed by atoms with E-state index in [-0.39, 0.29) is 11.7 Å². The van der Waals surface area contributed by atoms with Crippen molar-refractivity contribution < 1.29 is 0 Å². The lowest BCUT2D eigenvalue weighted by atomic mass is 10.1. The molecule has 3 aromatic rings. The Kier molecular flexibility index (Phi) is 3.72. The normalized spacial score (nSPS) is 10.7. The first-order chi connectivity index (χ1) is 10.2. The molecule has 0 saturated heterocycles. The first-order valence-electron chi connectivity index (χ1n) is 6.12. The van der Waals surface area contributed by atoms with Crippen molar-refractivity contribution in [2.24, 2.45) is 0 Å². The molecule has 0 unspecified atom stereocenters. The minimum atomic E-state index is -0.530. The standard InChI is InChI=1S/C14H10ClN3O2S/c15-12-11(9-4-2-1-3-5-9)13(19)18(14(20)17-12)7-10-6-16-8-21-10/h1-6,8H,7H2,(H,17,20). The van der Waals surface area contributed by atoms with Crippen molar-refractivity contribution >= 4 is 22.9 Å². The molecule has 5 nitrogen and oxygen atoms in total. The second-order valence-electron chi connectivity index (χ2n) is 4.34. The maximum absolute atomic E-state index is 12.6. The average Bonchev–Trinajstić information content (AvgIpc) is 2.97. The zero-order valence-electron chi connectivity index (χ0n) is 10.7. The van der Waals surface area contributed by atoms with Crippen molar-refractivity contribution in [3.05, 3.63) is 72.9 Å². The SMILES string of the molecule is O=c1[nH]c(Cl)c(-c2ccccc2)c(=O)n1Cc1cncs1. The Bertz CT molecular complexity index is 869. The van der Waals surface area contributed by atoms with Crippen molar-refractivity contribution in [2.45, 2.75) is 6.54 Å². The lowest BCUT2D eigenvalue weighted by Crippen LogP contribution is -2.36. The van der Waals surface area contributed by atoms with Crippen LogP contribution in [-0.2, 0) is 6.54 Å². The largest absolute Gasteiger partial charge is 0.329 e. The van der Waals surface area contributed by atoms with Crippen LogP contribution < -0.4 is 11.2 Å². The maximum atomic E-state index is 12.6. The van der Waals surface area contributed by atoms with Gasteiger partial charge in [0.15, 0.2) is 0 Å². The molecule has 0 aliphatic carbocycles. The first kappa shape index (κ1) is 13.8. The minimum absolute atomic E-state index is 0.0526. The number of aromatic nitrogens is 3. The van der Waals surface area contributed by atoms with Gasteiger partial charge in [0.05, 0.1) is 17.6 Å². The van der Waals surface area contributed by atoms with Crippen LogP contribution in [0.15, 0.2) is 51.6 Å². The Balaban J connectivity index is 2.19. The summed E-state index contributed by atoms with van der Waals surface area (Å²) in [6.45, 7) is 0.176.